The van der Waals surface area contributed by atoms with Crippen LogP contribution < -0.4 is 19.8 Å². The molecule has 3 aromatic rings. The number of hydrogen-bond acceptors (Lipinski definition) is 7. The smallest absolute Gasteiger partial charge is 0.340 e. The molecule has 1 fully saturated rings. The zero-order valence-corrected chi connectivity index (χ0v) is 30.6. The lowest BCUT2D eigenvalue weighted by Gasteiger charge is -2.46. The first-order chi connectivity index (χ1) is 22.7. The Morgan fingerprint density at radius 3 is 2.08 bits per heavy atom. The molecule has 0 amide bonds. The number of aliphatic hydroxyl groups excluding tert-OH is 1. The van der Waals surface area contributed by atoms with E-state index in [1.54, 1.807) is 25.1 Å². The average molecular weight is 677 g/mol. The van der Waals surface area contributed by atoms with Crippen LogP contribution in [-0.4, -0.2) is 68.9 Å². The van der Waals surface area contributed by atoms with Gasteiger partial charge in [-0.1, -0.05) is 93.6 Å². The molecule has 8 nitrogen and oxygen atoms in total. The number of hydrogen-bond donors (Lipinski definition) is 2. The first kappa shape index (κ1) is 37.3. The largest absolute Gasteiger partial charge is 0.497 e. The zero-order chi connectivity index (χ0) is 35.1. The Hall–Kier alpha value is -3.47. The number of rotatable bonds is 15. The summed E-state index contributed by atoms with van der Waals surface area (Å²) in [6.07, 6.45) is 4.69. The molecule has 48 heavy (non-hydrogen) atoms. The SMILES string of the molecule is COc1cc(/C=C/C[C@H](O[Si](c2ccccc2)(c2ccccc2)C(C)(C)C)[C@@H]2OC(C)(C)O[C@@H]2CCC[C@@H](C)O)c(C(=O)O)c(OC)c1. The number of aliphatic hydroxyl groups is 1. The van der Waals surface area contributed by atoms with Crippen LogP contribution in [0.5, 0.6) is 11.5 Å². The number of carboxylic acid groups (broad SMARTS) is 1. The summed E-state index contributed by atoms with van der Waals surface area (Å²) in [5.74, 6) is -1.23. The Labute approximate surface area is 286 Å². The van der Waals surface area contributed by atoms with Gasteiger partial charge in [-0.3, -0.25) is 0 Å². The van der Waals surface area contributed by atoms with E-state index in [4.69, 9.17) is 23.4 Å². The third-order valence-corrected chi connectivity index (χ3v) is 13.9. The number of aromatic carboxylic acids is 1. The Balaban J connectivity index is 1.86. The van der Waals surface area contributed by atoms with Crippen molar-refractivity contribution < 1.29 is 38.4 Å². The van der Waals surface area contributed by atoms with Gasteiger partial charge in [-0.2, -0.15) is 0 Å². The maximum absolute atomic E-state index is 12.4. The van der Waals surface area contributed by atoms with Crippen molar-refractivity contribution in [1.29, 1.82) is 0 Å². The van der Waals surface area contributed by atoms with Crippen molar-refractivity contribution >= 4 is 30.7 Å². The summed E-state index contributed by atoms with van der Waals surface area (Å²) >= 11 is 0. The Kier molecular flexibility index (Phi) is 12.3. The second-order valence-electron chi connectivity index (χ2n) is 14.0. The standard InChI is InChI=1S/C39H52O8Si/c1-27(40)17-15-23-32-36(46-39(5,6)45-32)33(24-16-18-28-25-29(43-7)26-34(44-8)35(28)37(41)42)47-48(38(2,3)4,30-19-11-9-12-20-30)31-21-13-10-14-22-31/h9-14,16,18-22,25-27,32-33,36,40H,15,17,23-24H2,1-8H3,(H,41,42)/b18-16+/t27-,32-,33+,36-/m1/s1. The fraction of sp³-hybridized carbons (Fsp3) is 0.462. The lowest BCUT2D eigenvalue weighted by Crippen LogP contribution is -2.68. The van der Waals surface area contributed by atoms with Crippen molar-refractivity contribution in [3.63, 3.8) is 0 Å². The maximum Gasteiger partial charge on any atom is 0.340 e. The topological polar surface area (TPSA) is 104 Å². The summed E-state index contributed by atoms with van der Waals surface area (Å²) in [5, 5.41) is 22.1. The van der Waals surface area contributed by atoms with Crippen LogP contribution in [0.1, 0.15) is 83.1 Å². The molecule has 260 valence electrons. The van der Waals surface area contributed by atoms with Gasteiger partial charge < -0.3 is 33.6 Å². The second kappa shape index (κ2) is 15.8. The monoisotopic (exact) mass is 676 g/mol. The quantitative estimate of drug-likeness (QED) is 0.169. The third kappa shape index (κ3) is 8.57. The molecule has 0 saturated carbocycles. The highest BCUT2D eigenvalue weighted by Gasteiger charge is 2.54. The van der Waals surface area contributed by atoms with Crippen LogP contribution in [0, 0.1) is 0 Å². The van der Waals surface area contributed by atoms with Gasteiger partial charge in [-0.15, -0.1) is 0 Å². The van der Waals surface area contributed by atoms with Crippen molar-refractivity contribution in [2.75, 3.05) is 14.2 Å². The molecule has 0 spiro atoms. The van der Waals surface area contributed by atoms with Gasteiger partial charge >= 0.3 is 5.97 Å². The van der Waals surface area contributed by atoms with E-state index in [1.165, 1.54) is 14.2 Å². The van der Waals surface area contributed by atoms with E-state index in [-0.39, 0.29) is 22.5 Å². The van der Waals surface area contributed by atoms with Gasteiger partial charge in [-0.25, -0.2) is 4.79 Å². The molecule has 0 radical (unpaired) electrons. The molecule has 3 aromatic carbocycles. The Bertz CT molecular complexity index is 1470. The van der Waals surface area contributed by atoms with Crippen molar-refractivity contribution in [3.8, 4) is 11.5 Å². The molecule has 1 saturated heterocycles. The fourth-order valence-electron chi connectivity index (χ4n) is 6.76. The Morgan fingerprint density at radius 2 is 1.58 bits per heavy atom. The summed E-state index contributed by atoms with van der Waals surface area (Å²) in [6, 6.07) is 24.2. The van der Waals surface area contributed by atoms with Crippen LogP contribution in [0.3, 0.4) is 0 Å². The summed E-state index contributed by atoms with van der Waals surface area (Å²) in [5.41, 5.74) is 0.511. The molecule has 0 aromatic heterocycles. The molecule has 4 rings (SSSR count). The van der Waals surface area contributed by atoms with Crippen molar-refractivity contribution in [2.24, 2.45) is 0 Å². The van der Waals surface area contributed by atoms with E-state index in [0.717, 1.165) is 16.8 Å². The normalized spacial score (nSPS) is 19.3. The van der Waals surface area contributed by atoms with Crippen LogP contribution in [0.15, 0.2) is 78.9 Å². The van der Waals surface area contributed by atoms with Gasteiger partial charge in [0.15, 0.2) is 5.79 Å². The molecular weight excluding hydrogens is 625 g/mol. The predicted molar refractivity (Wildman–Crippen MR) is 192 cm³/mol. The van der Waals surface area contributed by atoms with Crippen LogP contribution in [0.2, 0.25) is 5.04 Å². The minimum Gasteiger partial charge on any atom is -0.497 e. The summed E-state index contributed by atoms with van der Waals surface area (Å²) in [7, 11) is -0.0573. The average Bonchev–Trinajstić information content (AvgIpc) is 3.35. The first-order valence-corrected chi connectivity index (χ1v) is 18.6. The van der Waals surface area contributed by atoms with Crippen LogP contribution >= 0.6 is 0 Å². The lowest BCUT2D eigenvalue weighted by molar-refractivity contribution is -0.154. The van der Waals surface area contributed by atoms with E-state index in [2.05, 4.69) is 69.3 Å². The van der Waals surface area contributed by atoms with E-state index in [9.17, 15) is 15.0 Å². The number of carbonyl (C=O) groups is 1. The third-order valence-electron chi connectivity index (χ3n) is 8.88. The van der Waals surface area contributed by atoms with Gasteiger partial charge in [0.2, 0.25) is 0 Å². The molecule has 1 heterocycles. The van der Waals surface area contributed by atoms with Gasteiger partial charge in [0.05, 0.1) is 32.5 Å². The predicted octanol–water partition coefficient (Wildman–Crippen LogP) is 6.82. The van der Waals surface area contributed by atoms with Crippen molar-refractivity contribution in [1.82, 2.24) is 0 Å². The molecule has 1 aliphatic rings. The maximum atomic E-state index is 12.4. The number of methoxy groups -OCH3 is 2. The van der Waals surface area contributed by atoms with E-state index >= 15 is 0 Å². The molecule has 0 bridgehead atoms. The summed E-state index contributed by atoms with van der Waals surface area (Å²) in [4.78, 5) is 12.4. The highest BCUT2D eigenvalue weighted by Crippen LogP contribution is 2.41. The number of carboxylic acids is 1. The molecule has 0 unspecified atom stereocenters. The fourth-order valence-corrected chi connectivity index (χ4v) is 11.5. The second-order valence-corrected chi connectivity index (χ2v) is 18.2. The first-order valence-electron chi connectivity index (χ1n) is 16.7. The van der Waals surface area contributed by atoms with Crippen LogP contribution in [-0.2, 0) is 13.9 Å². The summed E-state index contributed by atoms with van der Waals surface area (Å²) in [6.45, 7) is 12.4. The molecular formula is C39H52O8Si. The lowest BCUT2D eigenvalue weighted by atomic mass is 9.99. The van der Waals surface area contributed by atoms with Gasteiger partial charge in [0, 0.05) is 6.07 Å². The molecule has 9 heteroatoms. The number of ether oxygens (including phenoxy) is 4. The number of benzene rings is 3. The van der Waals surface area contributed by atoms with Crippen LogP contribution in [0.4, 0.5) is 0 Å². The molecule has 1 aliphatic heterocycles. The van der Waals surface area contributed by atoms with Crippen molar-refractivity contribution in [3.05, 3.63) is 90.0 Å². The van der Waals surface area contributed by atoms with E-state index in [1.807, 2.05) is 32.1 Å². The van der Waals surface area contributed by atoms with E-state index < -0.39 is 38.4 Å². The highest BCUT2D eigenvalue weighted by molar-refractivity contribution is 6.99. The minimum absolute atomic E-state index is 0.0524. The molecule has 2 N–H and O–H groups in total. The minimum atomic E-state index is -3.04. The highest BCUT2D eigenvalue weighted by atomic mass is 28.4. The molecule has 4 atom stereocenters. The molecule has 0 aliphatic carbocycles. The van der Waals surface area contributed by atoms with E-state index in [0.29, 0.717) is 30.6 Å². The zero-order valence-electron chi connectivity index (χ0n) is 29.6. The van der Waals surface area contributed by atoms with Gasteiger partial charge in [0.1, 0.15) is 23.2 Å². The Morgan fingerprint density at radius 1 is 0.979 bits per heavy atom. The van der Waals surface area contributed by atoms with Crippen LogP contribution in [0.25, 0.3) is 6.08 Å². The van der Waals surface area contributed by atoms with Crippen molar-refractivity contribution in [2.45, 2.75) is 102 Å². The summed E-state index contributed by atoms with van der Waals surface area (Å²) < 4.78 is 31.8. The van der Waals surface area contributed by atoms with Gasteiger partial charge in [-0.05, 0) is 73.5 Å². The van der Waals surface area contributed by atoms with Gasteiger partial charge in [0.25, 0.3) is 8.32 Å².